The summed E-state index contributed by atoms with van der Waals surface area (Å²) in [6.45, 7) is 8.04. The van der Waals surface area contributed by atoms with Crippen molar-refractivity contribution in [3.63, 3.8) is 0 Å². The molecule has 1 aliphatic heterocycles. The third-order valence-corrected chi connectivity index (χ3v) is 5.68. The van der Waals surface area contributed by atoms with E-state index in [1.165, 1.54) is 11.1 Å². The van der Waals surface area contributed by atoms with Gasteiger partial charge in [0.2, 0.25) is 0 Å². The lowest BCUT2D eigenvalue weighted by Gasteiger charge is -2.29. The number of H-pyrrole nitrogens is 1. The van der Waals surface area contributed by atoms with Gasteiger partial charge in [-0.15, -0.1) is 0 Å². The van der Waals surface area contributed by atoms with Crippen LogP contribution in [0.4, 0.5) is 8.78 Å². The number of pyridine rings is 1. The zero-order valence-electron chi connectivity index (χ0n) is 18.5. The van der Waals surface area contributed by atoms with E-state index in [0.717, 1.165) is 23.1 Å². The molecule has 0 aliphatic carbocycles. The molecule has 1 amide bonds. The van der Waals surface area contributed by atoms with Crippen LogP contribution in [0, 0.1) is 17.6 Å². The maximum Gasteiger partial charge on any atom is 0.260 e. The zero-order valence-corrected chi connectivity index (χ0v) is 18.5. The number of ketones is 1. The van der Waals surface area contributed by atoms with Gasteiger partial charge in [0.25, 0.3) is 5.91 Å². The van der Waals surface area contributed by atoms with Gasteiger partial charge < -0.3 is 9.88 Å². The molecule has 32 heavy (non-hydrogen) atoms. The summed E-state index contributed by atoms with van der Waals surface area (Å²) in [6, 6.07) is 6.63. The van der Waals surface area contributed by atoms with E-state index in [-0.39, 0.29) is 23.8 Å². The molecule has 0 fully saturated rings. The molecule has 0 spiro atoms. The quantitative estimate of drug-likeness (QED) is 0.608. The Morgan fingerprint density at radius 3 is 2.66 bits per heavy atom. The van der Waals surface area contributed by atoms with E-state index in [1.54, 1.807) is 6.20 Å². The minimum atomic E-state index is -0.936. The number of fused-ring (bicyclic) bond motifs is 3. The number of aromatic nitrogens is 2. The van der Waals surface area contributed by atoms with E-state index < -0.39 is 23.0 Å². The zero-order chi connectivity index (χ0) is 23.2. The summed E-state index contributed by atoms with van der Waals surface area (Å²) in [5.74, 6) is -2.33. The molecule has 166 valence electrons. The van der Waals surface area contributed by atoms with Gasteiger partial charge >= 0.3 is 0 Å². The Morgan fingerprint density at radius 2 is 1.97 bits per heavy atom. The van der Waals surface area contributed by atoms with Crippen LogP contribution < -0.4 is 0 Å². The molecule has 5 nitrogen and oxygen atoms in total. The number of aromatic amines is 1. The number of Topliss-reactive ketones (excluding diaryl/α,β-unsaturated/α-hetero) is 1. The lowest BCUT2D eigenvalue weighted by Crippen LogP contribution is -2.37. The smallest absolute Gasteiger partial charge is 0.260 e. The van der Waals surface area contributed by atoms with Gasteiger partial charge in [0.15, 0.2) is 5.78 Å². The first-order chi connectivity index (χ1) is 15.1. The van der Waals surface area contributed by atoms with Crippen molar-refractivity contribution in [3.8, 4) is 0 Å². The van der Waals surface area contributed by atoms with Gasteiger partial charge in [-0.3, -0.25) is 9.59 Å². The summed E-state index contributed by atoms with van der Waals surface area (Å²) in [7, 11) is 0. The fourth-order valence-corrected chi connectivity index (χ4v) is 4.34. The molecular formula is C25H25F2N3O2. The van der Waals surface area contributed by atoms with Crippen LogP contribution in [0.2, 0.25) is 0 Å². The van der Waals surface area contributed by atoms with Crippen LogP contribution in [0.1, 0.15) is 55.7 Å². The summed E-state index contributed by atoms with van der Waals surface area (Å²) < 4.78 is 27.8. The number of benzene rings is 1. The molecule has 4 rings (SSSR count). The fourth-order valence-electron chi connectivity index (χ4n) is 4.34. The molecule has 1 aromatic carbocycles. The summed E-state index contributed by atoms with van der Waals surface area (Å²) >= 11 is 0. The SMILES string of the molecule is CC(C)CC(=O)C1=CN(C(=O)c2ccc(F)cc2F)CC(C)(C)c2c1[nH]c1ncccc21. The van der Waals surface area contributed by atoms with Crippen molar-refractivity contribution in [1.29, 1.82) is 0 Å². The van der Waals surface area contributed by atoms with Crippen LogP contribution in [0.5, 0.6) is 0 Å². The first-order valence-corrected chi connectivity index (χ1v) is 10.6. The summed E-state index contributed by atoms with van der Waals surface area (Å²) in [5.41, 5.74) is 1.71. The molecule has 3 aromatic rings. The normalized spacial score (nSPS) is 15.5. The number of amides is 1. The van der Waals surface area contributed by atoms with Gasteiger partial charge in [0, 0.05) is 42.2 Å². The Hall–Kier alpha value is -3.35. The molecule has 7 heteroatoms. The molecule has 0 saturated heterocycles. The molecule has 0 radical (unpaired) electrons. The Morgan fingerprint density at radius 1 is 1.22 bits per heavy atom. The standard InChI is InChI=1S/C25H25F2N3O2/c1-14(2)10-20(31)18-12-30(24(32)16-8-7-15(26)11-19(16)27)13-25(3,4)21-17-6-5-9-28-23(17)29-22(18)21/h5-9,11-12,14H,10,13H2,1-4H3,(H,28,29). The largest absolute Gasteiger partial charge is 0.339 e. The monoisotopic (exact) mass is 437 g/mol. The average Bonchev–Trinajstić information content (AvgIpc) is 3.04. The van der Waals surface area contributed by atoms with E-state index in [9.17, 15) is 18.4 Å². The number of halogens is 2. The van der Waals surface area contributed by atoms with Gasteiger partial charge in [-0.05, 0) is 35.7 Å². The average molecular weight is 437 g/mol. The third kappa shape index (κ3) is 3.83. The Balaban J connectivity index is 1.90. The van der Waals surface area contributed by atoms with Gasteiger partial charge in [-0.2, -0.15) is 0 Å². The highest BCUT2D eigenvalue weighted by Gasteiger charge is 2.37. The first kappa shape index (κ1) is 21.9. The summed E-state index contributed by atoms with van der Waals surface area (Å²) in [6.07, 6.45) is 3.47. The first-order valence-electron chi connectivity index (χ1n) is 10.6. The van der Waals surface area contributed by atoms with E-state index in [2.05, 4.69) is 9.97 Å². The number of hydrogen-bond donors (Lipinski definition) is 1. The number of allylic oxidation sites excluding steroid dienone is 1. The van der Waals surface area contributed by atoms with E-state index >= 15 is 0 Å². The molecule has 2 aromatic heterocycles. The Kier molecular flexibility index (Phi) is 5.44. The van der Waals surface area contributed by atoms with Crippen LogP contribution in [-0.4, -0.2) is 33.1 Å². The predicted octanol–water partition coefficient (Wildman–Crippen LogP) is 5.23. The highest BCUT2D eigenvalue weighted by molar-refractivity contribution is 6.22. The van der Waals surface area contributed by atoms with E-state index in [0.29, 0.717) is 29.4 Å². The number of hydrogen-bond acceptors (Lipinski definition) is 3. The van der Waals surface area contributed by atoms with Crippen molar-refractivity contribution >= 4 is 28.3 Å². The van der Waals surface area contributed by atoms with Crippen molar-refractivity contribution in [3.05, 3.63) is 71.2 Å². The van der Waals surface area contributed by atoms with E-state index in [1.807, 2.05) is 39.8 Å². The maximum atomic E-state index is 14.4. The summed E-state index contributed by atoms with van der Waals surface area (Å²) in [4.78, 5) is 35.6. The van der Waals surface area contributed by atoms with Crippen LogP contribution in [0.15, 0.2) is 42.7 Å². The summed E-state index contributed by atoms with van der Waals surface area (Å²) in [5, 5.41) is 0.873. The van der Waals surface area contributed by atoms with Crippen LogP contribution in [0.25, 0.3) is 16.6 Å². The highest BCUT2D eigenvalue weighted by atomic mass is 19.1. The minimum Gasteiger partial charge on any atom is -0.339 e. The third-order valence-electron chi connectivity index (χ3n) is 5.68. The van der Waals surface area contributed by atoms with Crippen molar-refractivity contribution < 1.29 is 18.4 Å². The van der Waals surface area contributed by atoms with Crippen molar-refractivity contribution in [1.82, 2.24) is 14.9 Å². The lowest BCUT2D eigenvalue weighted by atomic mass is 9.81. The lowest BCUT2D eigenvalue weighted by molar-refractivity contribution is -0.114. The predicted molar refractivity (Wildman–Crippen MR) is 119 cm³/mol. The Labute approximate surface area is 185 Å². The molecule has 0 saturated carbocycles. The number of carbonyl (C=O) groups is 2. The molecular weight excluding hydrogens is 412 g/mol. The van der Waals surface area contributed by atoms with Crippen molar-refractivity contribution in [2.45, 2.75) is 39.5 Å². The minimum absolute atomic E-state index is 0.115. The van der Waals surface area contributed by atoms with Crippen LogP contribution in [0.3, 0.4) is 0 Å². The van der Waals surface area contributed by atoms with Gasteiger partial charge in [0.05, 0.1) is 16.8 Å². The second kappa shape index (κ2) is 7.97. The molecule has 0 unspecified atom stereocenters. The number of carbonyl (C=O) groups excluding carboxylic acids is 2. The van der Waals surface area contributed by atoms with Gasteiger partial charge in [-0.25, -0.2) is 13.8 Å². The Bertz CT molecular complexity index is 1260. The maximum absolute atomic E-state index is 14.4. The topological polar surface area (TPSA) is 66.1 Å². The molecule has 1 N–H and O–H groups in total. The number of nitrogens with one attached hydrogen (secondary N) is 1. The highest BCUT2D eigenvalue weighted by Crippen LogP contribution is 2.40. The number of nitrogens with zero attached hydrogens (tertiary/aromatic N) is 2. The fraction of sp³-hybridized carbons (Fsp3) is 0.320. The van der Waals surface area contributed by atoms with Crippen LogP contribution in [-0.2, 0) is 10.2 Å². The van der Waals surface area contributed by atoms with Gasteiger partial charge in [-0.1, -0.05) is 27.7 Å². The molecule has 0 atom stereocenters. The second-order valence-electron chi connectivity index (χ2n) is 9.28. The van der Waals surface area contributed by atoms with Crippen LogP contribution >= 0.6 is 0 Å². The molecule has 3 heterocycles. The van der Waals surface area contributed by atoms with Gasteiger partial charge in [0.1, 0.15) is 17.3 Å². The van der Waals surface area contributed by atoms with E-state index in [4.69, 9.17) is 0 Å². The van der Waals surface area contributed by atoms with Crippen molar-refractivity contribution in [2.24, 2.45) is 5.92 Å². The number of rotatable bonds is 4. The second-order valence-corrected chi connectivity index (χ2v) is 9.28. The molecule has 0 bridgehead atoms. The molecule has 1 aliphatic rings. The van der Waals surface area contributed by atoms with Crippen molar-refractivity contribution in [2.75, 3.05) is 6.54 Å².